The molecule has 1 aromatic heterocycles. The summed E-state index contributed by atoms with van der Waals surface area (Å²) in [7, 11) is 0. The van der Waals surface area contributed by atoms with Crippen LogP contribution in [0.4, 0.5) is 5.69 Å². The number of amides is 1. The van der Waals surface area contributed by atoms with Crippen molar-refractivity contribution in [3.8, 4) is 5.75 Å². The zero-order valence-corrected chi connectivity index (χ0v) is 9.96. The molecule has 18 heavy (non-hydrogen) atoms. The van der Waals surface area contributed by atoms with Gasteiger partial charge in [-0.2, -0.15) is 5.10 Å². The molecule has 0 saturated heterocycles. The fraction of sp³-hybridized carbons (Fsp3) is 0.154. The summed E-state index contributed by atoms with van der Waals surface area (Å²) in [6, 6.07) is 10.5. The van der Waals surface area contributed by atoms with E-state index >= 15 is 0 Å². The van der Waals surface area contributed by atoms with Crippen molar-refractivity contribution in [3.63, 3.8) is 0 Å². The third kappa shape index (κ3) is 2.82. The molecule has 2 aromatic rings. The van der Waals surface area contributed by atoms with Gasteiger partial charge in [-0.25, -0.2) is 0 Å². The Hall–Kier alpha value is -2.43. The average Bonchev–Trinajstić information content (AvgIpc) is 2.42. The number of benzene rings is 1. The summed E-state index contributed by atoms with van der Waals surface area (Å²) in [5.74, 6) is 0.326. The zero-order chi connectivity index (χ0) is 12.8. The molecule has 0 spiro atoms. The number of ether oxygens (including phenoxy) is 1. The summed E-state index contributed by atoms with van der Waals surface area (Å²) in [4.78, 5) is 11.9. The van der Waals surface area contributed by atoms with E-state index in [9.17, 15) is 4.79 Å². The number of carbonyl (C=O) groups excluding carboxylic acids is 1. The summed E-state index contributed by atoms with van der Waals surface area (Å²) < 4.78 is 5.42. The van der Waals surface area contributed by atoms with Crippen LogP contribution in [0.1, 0.15) is 17.4 Å². The van der Waals surface area contributed by atoms with Crippen molar-refractivity contribution in [2.24, 2.45) is 0 Å². The average molecular weight is 243 g/mol. The molecule has 5 nitrogen and oxygen atoms in total. The van der Waals surface area contributed by atoms with Gasteiger partial charge >= 0.3 is 0 Å². The maximum Gasteiger partial charge on any atom is 0.276 e. The number of para-hydroxylation sites is 2. The number of hydrogen-bond donors (Lipinski definition) is 1. The van der Waals surface area contributed by atoms with Gasteiger partial charge in [0.15, 0.2) is 5.69 Å². The van der Waals surface area contributed by atoms with Crippen molar-refractivity contribution in [2.75, 3.05) is 11.9 Å². The minimum absolute atomic E-state index is 0.267. The Kier molecular flexibility index (Phi) is 3.86. The van der Waals surface area contributed by atoms with Gasteiger partial charge < -0.3 is 10.1 Å². The second kappa shape index (κ2) is 5.77. The van der Waals surface area contributed by atoms with E-state index in [-0.39, 0.29) is 11.6 Å². The van der Waals surface area contributed by atoms with Crippen molar-refractivity contribution >= 4 is 11.6 Å². The number of rotatable bonds is 4. The Bertz CT molecular complexity index is 529. The molecule has 5 heteroatoms. The standard InChI is InChI=1S/C13H13N3O2/c1-2-18-12-8-4-3-6-10(12)15-13(17)11-7-5-9-14-16-11/h3-9H,2H2,1H3,(H,15,17). The van der Waals surface area contributed by atoms with E-state index in [1.165, 1.54) is 6.20 Å². The molecule has 0 radical (unpaired) electrons. The van der Waals surface area contributed by atoms with E-state index in [1.54, 1.807) is 24.3 Å². The van der Waals surface area contributed by atoms with E-state index in [2.05, 4.69) is 15.5 Å². The van der Waals surface area contributed by atoms with Gasteiger partial charge in [0, 0.05) is 6.20 Å². The first-order valence-corrected chi connectivity index (χ1v) is 5.62. The van der Waals surface area contributed by atoms with E-state index < -0.39 is 0 Å². The van der Waals surface area contributed by atoms with Crippen LogP contribution in [0.2, 0.25) is 0 Å². The first kappa shape index (κ1) is 12.0. The molecule has 1 heterocycles. The van der Waals surface area contributed by atoms with Gasteiger partial charge in [0.25, 0.3) is 5.91 Å². The third-order valence-corrected chi connectivity index (χ3v) is 2.24. The molecule has 1 aromatic carbocycles. The molecule has 0 aliphatic carbocycles. The van der Waals surface area contributed by atoms with Crippen LogP contribution in [0.5, 0.6) is 5.75 Å². The third-order valence-electron chi connectivity index (χ3n) is 2.24. The second-order valence-corrected chi connectivity index (χ2v) is 3.49. The Morgan fingerprint density at radius 2 is 2.11 bits per heavy atom. The first-order valence-electron chi connectivity index (χ1n) is 5.62. The van der Waals surface area contributed by atoms with Crippen molar-refractivity contribution in [1.29, 1.82) is 0 Å². The lowest BCUT2D eigenvalue weighted by Crippen LogP contribution is -2.14. The van der Waals surface area contributed by atoms with Crippen LogP contribution in [-0.4, -0.2) is 22.7 Å². The molecule has 0 fully saturated rings. The lowest BCUT2D eigenvalue weighted by Gasteiger charge is -2.10. The Labute approximate surface area is 105 Å². The highest BCUT2D eigenvalue weighted by Gasteiger charge is 2.10. The van der Waals surface area contributed by atoms with Crippen LogP contribution < -0.4 is 10.1 Å². The fourth-order valence-corrected chi connectivity index (χ4v) is 1.46. The Balaban J connectivity index is 2.17. The maximum atomic E-state index is 11.9. The summed E-state index contributed by atoms with van der Waals surface area (Å²) in [6.07, 6.45) is 1.52. The van der Waals surface area contributed by atoms with Gasteiger partial charge in [-0.3, -0.25) is 4.79 Å². The minimum Gasteiger partial charge on any atom is -0.492 e. The summed E-state index contributed by atoms with van der Waals surface area (Å²) in [6.45, 7) is 2.43. The lowest BCUT2D eigenvalue weighted by atomic mass is 10.2. The SMILES string of the molecule is CCOc1ccccc1NC(=O)c1cccnn1. The van der Waals surface area contributed by atoms with Crippen molar-refractivity contribution < 1.29 is 9.53 Å². The smallest absolute Gasteiger partial charge is 0.276 e. The monoisotopic (exact) mass is 243 g/mol. The number of nitrogens with one attached hydrogen (secondary N) is 1. The van der Waals surface area contributed by atoms with Gasteiger partial charge in [0.2, 0.25) is 0 Å². The minimum atomic E-state index is -0.310. The van der Waals surface area contributed by atoms with Crippen LogP contribution in [0.15, 0.2) is 42.6 Å². The van der Waals surface area contributed by atoms with Crippen LogP contribution in [-0.2, 0) is 0 Å². The molecule has 0 aliphatic rings. The summed E-state index contributed by atoms with van der Waals surface area (Å²) in [5.41, 5.74) is 0.888. The molecule has 0 bridgehead atoms. The van der Waals surface area contributed by atoms with Gasteiger partial charge in [-0.1, -0.05) is 12.1 Å². The molecule has 0 saturated carbocycles. The molecule has 0 atom stereocenters. The van der Waals surface area contributed by atoms with Crippen LogP contribution in [0.25, 0.3) is 0 Å². The maximum absolute atomic E-state index is 11.9. The summed E-state index contributed by atoms with van der Waals surface area (Å²) >= 11 is 0. The number of carbonyl (C=O) groups is 1. The van der Waals surface area contributed by atoms with E-state index in [1.807, 2.05) is 19.1 Å². The predicted molar refractivity (Wildman–Crippen MR) is 67.6 cm³/mol. The van der Waals surface area contributed by atoms with Crippen molar-refractivity contribution in [3.05, 3.63) is 48.3 Å². The molecule has 0 aliphatic heterocycles. The molecule has 2 rings (SSSR count). The van der Waals surface area contributed by atoms with Crippen LogP contribution in [0.3, 0.4) is 0 Å². The lowest BCUT2D eigenvalue weighted by molar-refractivity contribution is 0.102. The van der Waals surface area contributed by atoms with E-state index in [4.69, 9.17) is 4.74 Å². The van der Waals surface area contributed by atoms with Gasteiger partial charge in [-0.15, -0.1) is 5.10 Å². The van der Waals surface area contributed by atoms with Crippen molar-refractivity contribution in [2.45, 2.75) is 6.92 Å². The molecule has 0 unspecified atom stereocenters. The second-order valence-electron chi connectivity index (χ2n) is 3.49. The number of hydrogen-bond acceptors (Lipinski definition) is 4. The largest absolute Gasteiger partial charge is 0.492 e. The Morgan fingerprint density at radius 3 is 2.83 bits per heavy atom. The van der Waals surface area contributed by atoms with E-state index in [0.717, 1.165) is 0 Å². The fourth-order valence-electron chi connectivity index (χ4n) is 1.46. The molecule has 1 N–H and O–H groups in total. The molecular formula is C13H13N3O2. The highest BCUT2D eigenvalue weighted by molar-refractivity contribution is 6.03. The van der Waals surface area contributed by atoms with Crippen molar-refractivity contribution in [1.82, 2.24) is 10.2 Å². The zero-order valence-electron chi connectivity index (χ0n) is 9.96. The molecule has 1 amide bonds. The first-order chi connectivity index (χ1) is 8.81. The van der Waals surface area contributed by atoms with Crippen LogP contribution >= 0.6 is 0 Å². The van der Waals surface area contributed by atoms with E-state index in [0.29, 0.717) is 18.0 Å². The highest BCUT2D eigenvalue weighted by atomic mass is 16.5. The quantitative estimate of drug-likeness (QED) is 0.893. The van der Waals surface area contributed by atoms with Gasteiger partial charge in [0.1, 0.15) is 5.75 Å². The number of nitrogens with zero attached hydrogens (tertiary/aromatic N) is 2. The summed E-state index contributed by atoms with van der Waals surface area (Å²) in [5, 5.41) is 10.2. The predicted octanol–water partition coefficient (Wildman–Crippen LogP) is 2.13. The molecule has 92 valence electrons. The molecular weight excluding hydrogens is 230 g/mol. The van der Waals surface area contributed by atoms with Gasteiger partial charge in [-0.05, 0) is 31.2 Å². The normalized spacial score (nSPS) is 9.83. The Morgan fingerprint density at radius 1 is 1.28 bits per heavy atom. The highest BCUT2D eigenvalue weighted by Crippen LogP contribution is 2.23. The number of anilines is 1. The number of aromatic nitrogens is 2. The van der Waals surface area contributed by atoms with Crippen LogP contribution in [0, 0.1) is 0 Å². The van der Waals surface area contributed by atoms with Gasteiger partial charge in [0.05, 0.1) is 12.3 Å². The topological polar surface area (TPSA) is 64.1 Å².